The highest BCUT2D eigenvalue weighted by atomic mass is 35.5. The Bertz CT molecular complexity index is 785. The lowest BCUT2D eigenvalue weighted by Gasteiger charge is -2.36. The van der Waals surface area contributed by atoms with Gasteiger partial charge >= 0.3 is 6.03 Å². The molecule has 0 unspecified atom stereocenters. The number of hydrogen-bond donors (Lipinski definition) is 3. The number of halogens is 1. The van der Waals surface area contributed by atoms with Gasteiger partial charge in [0.15, 0.2) is 0 Å². The molecule has 26 heavy (non-hydrogen) atoms. The maximum absolute atomic E-state index is 12.5. The molecule has 3 rings (SSSR count). The van der Waals surface area contributed by atoms with E-state index in [0.29, 0.717) is 23.6 Å². The monoisotopic (exact) mass is 375 g/mol. The van der Waals surface area contributed by atoms with Crippen molar-refractivity contribution in [3.8, 4) is 5.69 Å². The Labute approximate surface area is 157 Å². The van der Waals surface area contributed by atoms with Gasteiger partial charge in [0.1, 0.15) is 5.54 Å². The number of carbonyl (C=O) groups excluding carboxylic acids is 2. The number of imidazole rings is 1. The van der Waals surface area contributed by atoms with Gasteiger partial charge in [0.25, 0.3) is 0 Å². The van der Waals surface area contributed by atoms with E-state index < -0.39 is 11.6 Å². The van der Waals surface area contributed by atoms with Crippen molar-refractivity contribution in [1.82, 2.24) is 20.2 Å². The maximum atomic E-state index is 12.5. The second-order valence-electron chi connectivity index (χ2n) is 6.44. The van der Waals surface area contributed by atoms with Gasteiger partial charge in [0.05, 0.1) is 17.0 Å². The van der Waals surface area contributed by atoms with Gasteiger partial charge in [-0.15, -0.1) is 0 Å². The Morgan fingerprint density at radius 3 is 2.62 bits per heavy atom. The van der Waals surface area contributed by atoms with Crippen molar-refractivity contribution in [3.05, 3.63) is 41.9 Å². The third kappa shape index (κ3) is 3.83. The Hall–Kier alpha value is -2.54. The van der Waals surface area contributed by atoms with Crippen LogP contribution in [-0.2, 0) is 4.79 Å². The van der Waals surface area contributed by atoms with Crippen LogP contribution >= 0.6 is 11.6 Å². The van der Waals surface area contributed by atoms with Gasteiger partial charge in [0, 0.05) is 25.1 Å². The van der Waals surface area contributed by atoms with E-state index in [1.54, 1.807) is 48.5 Å². The van der Waals surface area contributed by atoms with E-state index in [9.17, 15) is 9.59 Å². The molecule has 3 N–H and O–H groups in total. The first-order chi connectivity index (χ1) is 12.5. The summed E-state index contributed by atoms with van der Waals surface area (Å²) in [6, 6.07) is 4.81. The number of nitrogens with one attached hydrogen (secondary N) is 3. The zero-order chi connectivity index (χ0) is 18.6. The number of aromatic nitrogens is 2. The molecular formula is C18H22ClN5O2. The summed E-state index contributed by atoms with van der Waals surface area (Å²) in [5, 5.41) is 8.79. The summed E-state index contributed by atoms with van der Waals surface area (Å²) in [5.41, 5.74) is 0.473. The quantitative estimate of drug-likeness (QED) is 0.767. The molecule has 0 radical (unpaired) electrons. The van der Waals surface area contributed by atoms with Gasteiger partial charge < -0.3 is 20.5 Å². The fourth-order valence-corrected chi connectivity index (χ4v) is 3.66. The zero-order valence-corrected chi connectivity index (χ0v) is 15.3. The minimum atomic E-state index is -0.850. The molecule has 0 spiro atoms. The first-order valence-electron chi connectivity index (χ1n) is 8.63. The number of amides is 3. The lowest BCUT2D eigenvalue weighted by atomic mass is 9.81. The van der Waals surface area contributed by atoms with Crippen LogP contribution in [0.2, 0.25) is 5.02 Å². The average molecular weight is 376 g/mol. The number of urea groups is 1. The summed E-state index contributed by atoms with van der Waals surface area (Å²) in [6.07, 6.45) is 9.29. The molecule has 0 saturated heterocycles. The normalized spacial score (nSPS) is 15.9. The van der Waals surface area contributed by atoms with E-state index in [-0.39, 0.29) is 5.91 Å². The van der Waals surface area contributed by atoms with E-state index in [0.717, 1.165) is 24.9 Å². The van der Waals surface area contributed by atoms with Crippen molar-refractivity contribution in [2.24, 2.45) is 0 Å². The molecule has 1 aromatic carbocycles. The highest BCUT2D eigenvalue weighted by Gasteiger charge is 2.40. The molecule has 1 aliphatic rings. The molecule has 0 bridgehead atoms. The van der Waals surface area contributed by atoms with Gasteiger partial charge in [-0.05, 0) is 31.0 Å². The van der Waals surface area contributed by atoms with E-state index in [1.807, 2.05) is 0 Å². The minimum Gasteiger partial charge on any atom is -0.357 e. The number of likely N-dealkylation sites (N-methyl/N-ethyl adjacent to an activating group) is 1. The Kier molecular flexibility index (Phi) is 5.46. The first-order valence-corrected chi connectivity index (χ1v) is 9.01. The number of carbonyl (C=O) groups is 2. The van der Waals surface area contributed by atoms with Crippen molar-refractivity contribution in [3.63, 3.8) is 0 Å². The summed E-state index contributed by atoms with van der Waals surface area (Å²) in [5.74, 6) is -0.152. The molecule has 138 valence electrons. The second-order valence-corrected chi connectivity index (χ2v) is 6.84. The average Bonchev–Trinajstić information content (AvgIpc) is 3.16. The van der Waals surface area contributed by atoms with Crippen molar-refractivity contribution >= 4 is 29.2 Å². The van der Waals surface area contributed by atoms with Gasteiger partial charge in [-0.25, -0.2) is 9.78 Å². The third-order valence-corrected chi connectivity index (χ3v) is 5.01. The van der Waals surface area contributed by atoms with Crippen LogP contribution in [0.1, 0.15) is 32.1 Å². The van der Waals surface area contributed by atoms with E-state index in [2.05, 4.69) is 20.9 Å². The number of hydrogen-bond acceptors (Lipinski definition) is 3. The van der Waals surface area contributed by atoms with Crippen LogP contribution in [-0.4, -0.2) is 34.1 Å². The van der Waals surface area contributed by atoms with Crippen molar-refractivity contribution in [2.45, 2.75) is 37.6 Å². The van der Waals surface area contributed by atoms with Crippen LogP contribution in [0, 0.1) is 0 Å². The highest BCUT2D eigenvalue weighted by molar-refractivity contribution is 6.32. The van der Waals surface area contributed by atoms with Gasteiger partial charge in [-0.2, -0.15) is 0 Å². The number of anilines is 1. The van der Waals surface area contributed by atoms with E-state index in [1.165, 1.54) is 0 Å². The largest absolute Gasteiger partial charge is 0.357 e. The maximum Gasteiger partial charge on any atom is 0.320 e. The topological polar surface area (TPSA) is 88.0 Å². The van der Waals surface area contributed by atoms with Crippen LogP contribution in [0.3, 0.4) is 0 Å². The fourth-order valence-electron chi connectivity index (χ4n) is 3.38. The first kappa shape index (κ1) is 18.3. The smallest absolute Gasteiger partial charge is 0.320 e. The molecular weight excluding hydrogens is 354 g/mol. The van der Waals surface area contributed by atoms with Crippen molar-refractivity contribution in [2.75, 3.05) is 12.4 Å². The molecule has 3 amide bonds. The molecule has 2 aromatic rings. The van der Waals surface area contributed by atoms with Crippen LogP contribution in [0.5, 0.6) is 0 Å². The molecule has 1 aromatic heterocycles. The van der Waals surface area contributed by atoms with Gasteiger partial charge in [0.2, 0.25) is 5.91 Å². The second kappa shape index (κ2) is 7.78. The van der Waals surface area contributed by atoms with Crippen molar-refractivity contribution < 1.29 is 9.59 Å². The minimum absolute atomic E-state index is 0.152. The molecule has 0 aliphatic heterocycles. The fraction of sp³-hybridized carbons (Fsp3) is 0.389. The lowest BCUT2D eigenvalue weighted by molar-refractivity contribution is -0.128. The predicted molar refractivity (Wildman–Crippen MR) is 101 cm³/mol. The zero-order valence-electron chi connectivity index (χ0n) is 14.6. The molecule has 1 aliphatic carbocycles. The van der Waals surface area contributed by atoms with Crippen LogP contribution in [0.15, 0.2) is 36.9 Å². The van der Waals surface area contributed by atoms with Crippen LogP contribution < -0.4 is 16.0 Å². The lowest BCUT2D eigenvalue weighted by Crippen LogP contribution is -2.60. The highest BCUT2D eigenvalue weighted by Crippen LogP contribution is 2.29. The summed E-state index contributed by atoms with van der Waals surface area (Å²) in [6.45, 7) is 0. The number of rotatable bonds is 4. The summed E-state index contributed by atoms with van der Waals surface area (Å²) >= 11 is 6.31. The van der Waals surface area contributed by atoms with E-state index >= 15 is 0 Å². The molecule has 7 nitrogen and oxygen atoms in total. The Balaban J connectivity index is 1.71. The summed E-state index contributed by atoms with van der Waals surface area (Å²) in [4.78, 5) is 28.8. The standard InChI is InChI=1S/C18H22ClN5O2/c1-20-16(25)18(7-3-2-4-8-18)23-17(26)22-13-5-6-15(14(19)11-13)24-10-9-21-12-24/h5-6,9-12H,2-4,7-8H2,1H3,(H,20,25)(H2,22,23,26). The number of nitrogens with zero attached hydrogens (tertiary/aromatic N) is 2. The van der Waals surface area contributed by atoms with Crippen LogP contribution in [0.25, 0.3) is 5.69 Å². The third-order valence-electron chi connectivity index (χ3n) is 4.71. The Morgan fingerprint density at radius 1 is 1.23 bits per heavy atom. The Morgan fingerprint density at radius 2 is 2.00 bits per heavy atom. The molecule has 0 atom stereocenters. The predicted octanol–water partition coefficient (Wildman–Crippen LogP) is 3.10. The summed E-state index contributed by atoms with van der Waals surface area (Å²) in [7, 11) is 1.59. The molecule has 1 saturated carbocycles. The van der Waals surface area contributed by atoms with Crippen LogP contribution in [0.4, 0.5) is 10.5 Å². The molecule has 1 heterocycles. The van der Waals surface area contributed by atoms with Gasteiger partial charge in [-0.1, -0.05) is 30.9 Å². The summed E-state index contributed by atoms with van der Waals surface area (Å²) < 4.78 is 1.79. The number of benzene rings is 1. The van der Waals surface area contributed by atoms with Gasteiger partial charge in [-0.3, -0.25) is 4.79 Å². The SMILES string of the molecule is CNC(=O)C1(NC(=O)Nc2ccc(-n3ccnc3)c(Cl)c2)CCCCC1. The molecule has 1 fully saturated rings. The van der Waals surface area contributed by atoms with E-state index in [4.69, 9.17) is 11.6 Å². The molecule has 8 heteroatoms. The van der Waals surface area contributed by atoms with Crippen molar-refractivity contribution in [1.29, 1.82) is 0 Å².